The third kappa shape index (κ3) is 2.71. The fourth-order valence-electron chi connectivity index (χ4n) is 2.35. The summed E-state index contributed by atoms with van der Waals surface area (Å²) in [7, 11) is 0. The Bertz CT molecular complexity index is 955. The minimum atomic E-state index is -2.32. The molecule has 1 heterocycles. The van der Waals surface area contributed by atoms with Crippen LogP contribution < -0.4 is 5.01 Å². The molecule has 1 N–H and O–H groups in total. The SMILES string of the molecule is CC1=NN(c2c(F)c(F)c(F)c(F)c2F)C(=O)/C1=C/c1ccc(O)cc1. The number of anilines is 1. The minimum Gasteiger partial charge on any atom is -0.508 e. The zero-order chi connectivity index (χ0) is 19.2. The van der Waals surface area contributed by atoms with Crippen molar-refractivity contribution >= 4 is 23.4 Å². The molecule has 2 aromatic rings. The van der Waals surface area contributed by atoms with Gasteiger partial charge in [0.05, 0.1) is 11.3 Å². The predicted molar refractivity (Wildman–Crippen MR) is 82.9 cm³/mol. The summed E-state index contributed by atoms with van der Waals surface area (Å²) >= 11 is 0. The number of hydrogen-bond acceptors (Lipinski definition) is 3. The molecule has 0 fully saturated rings. The number of benzene rings is 2. The molecular formula is C17H9F5N2O2. The molecule has 4 nitrogen and oxygen atoms in total. The fourth-order valence-corrected chi connectivity index (χ4v) is 2.35. The number of amides is 1. The van der Waals surface area contributed by atoms with Crippen LogP contribution in [0.3, 0.4) is 0 Å². The number of rotatable bonds is 2. The third-order valence-corrected chi connectivity index (χ3v) is 3.67. The number of hydrazone groups is 1. The van der Waals surface area contributed by atoms with Gasteiger partial charge in [0.2, 0.25) is 5.82 Å². The van der Waals surface area contributed by atoms with E-state index < -0.39 is 40.7 Å². The van der Waals surface area contributed by atoms with Crippen molar-refractivity contribution in [2.24, 2.45) is 5.10 Å². The van der Waals surface area contributed by atoms with Gasteiger partial charge in [0.25, 0.3) is 5.91 Å². The average Bonchev–Trinajstić information content (AvgIpc) is 2.88. The van der Waals surface area contributed by atoms with Crippen LogP contribution >= 0.6 is 0 Å². The van der Waals surface area contributed by atoms with Crippen LogP contribution in [-0.4, -0.2) is 16.7 Å². The maximum atomic E-state index is 13.9. The molecule has 3 rings (SSSR count). The summed E-state index contributed by atoms with van der Waals surface area (Å²) in [5.41, 5.74) is -1.06. The van der Waals surface area contributed by atoms with Crippen molar-refractivity contribution in [3.63, 3.8) is 0 Å². The Morgan fingerprint density at radius 1 is 0.923 bits per heavy atom. The highest BCUT2D eigenvalue weighted by Gasteiger charge is 2.36. The van der Waals surface area contributed by atoms with Crippen molar-refractivity contribution in [2.75, 3.05) is 5.01 Å². The van der Waals surface area contributed by atoms with Crippen molar-refractivity contribution in [3.8, 4) is 5.75 Å². The number of carbonyl (C=O) groups is 1. The third-order valence-electron chi connectivity index (χ3n) is 3.67. The molecule has 0 radical (unpaired) electrons. The van der Waals surface area contributed by atoms with Crippen LogP contribution in [-0.2, 0) is 4.79 Å². The van der Waals surface area contributed by atoms with Crippen LogP contribution in [0.5, 0.6) is 5.75 Å². The van der Waals surface area contributed by atoms with Gasteiger partial charge in [0, 0.05) is 0 Å². The van der Waals surface area contributed by atoms with Crippen molar-refractivity contribution in [2.45, 2.75) is 6.92 Å². The Balaban J connectivity index is 2.08. The Morgan fingerprint density at radius 2 is 1.42 bits per heavy atom. The molecule has 0 unspecified atom stereocenters. The number of nitrogens with zero attached hydrogens (tertiary/aromatic N) is 2. The van der Waals surface area contributed by atoms with Crippen LogP contribution in [0.4, 0.5) is 27.6 Å². The molecular weight excluding hydrogens is 359 g/mol. The summed E-state index contributed by atoms with van der Waals surface area (Å²) in [6.45, 7) is 1.34. The molecule has 1 aliphatic heterocycles. The molecule has 0 spiro atoms. The summed E-state index contributed by atoms with van der Waals surface area (Å²) in [6, 6.07) is 5.62. The number of aromatic hydroxyl groups is 1. The molecule has 0 aliphatic carbocycles. The van der Waals surface area contributed by atoms with Gasteiger partial charge in [-0.05, 0) is 30.7 Å². The lowest BCUT2D eigenvalue weighted by molar-refractivity contribution is -0.114. The van der Waals surface area contributed by atoms with Crippen molar-refractivity contribution in [1.29, 1.82) is 0 Å². The van der Waals surface area contributed by atoms with Crippen LogP contribution in [0, 0.1) is 29.1 Å². The van der Waals surface area contributed by atoms with Crippen molar-refractivity contribution < 1.29 is 31.9 Å². The van der Waals surface area contributed by atoms with E-state index in [9.17, 15) is 31.9 Å². The molecule has 134 valence electrons. The Hall–Kier alpha value is -3.23. The molecule has 0 saturated heterocycles. The first-order valence-electron chi connectivity index (χ1n) is 7.14. The quantitative estimate of drug-likeness (QED) is 0.378. The number of phenols is 1. The highest BCUT2D eigenvalue weighted by molar-refractivity contribution is 6.32. The van der Waals surface area contributed by atoms with E-state index in [1.165, 1.54) is 37.3 Å². The minimum absolute atomic E-state index is 0.0154. The van der Waals surface area contributed by atoms with Gasteiger partial charge in [-0.25, -0.2) is 22.0 Å². The summed E-state index contributed by atoms with van der Waals surface area (Å²) < 4.78 is 67.8. The lowest BCUT2D eigenvalue weighted by Gasteiger charge is -2.15. The van der Waals surface area contributed by atoms with Crippen LogP contribution in [0.25, 0.3) is 6.08 Å². The first-order chi connectivity index (χ1) is 12.2. The number of phenolic OH excluding ortho intramolecular Hbond substituents is 1. The molecule has 1 amide bonds. The molecule has 0 atom stereocenters. The molecule has 0 saturated carbocycles. The van der Waals surface area contributed by atoms with E-state index in [1.807, 2.05) is 0 Å². The normalized spacial score (nSPS) is 15.8. The standard InChI is InChI=1S/C17H9F5N2O2/c1-7-10(6-8-2-4-9(25)5-3-8)17(26)24(23-7)16-14(21)12(19)11(18)13(20)15(16)22/h2-6,25H,1H3/b10-6+. The van der Waals surface area contributed by atoms with E-state index in [0.29, 0.717) is 5.56 Å². The van der Waals surface area contributed by atoms with Gasteiger partial charge < -0.3 is 5.11 Å². The van der Waals surface area contributed by atoms with Crippen LogP contribution in [0.1, 0.15) is 12.5 Å². The van der Waals surface area contributed by atoms with Gasteiger partial charge in [-0.15, -0.1) is 0 Å². The van der Waals surface area contributed by atoms with Gasteiger partial charge in [-0.3, -0.25) is 4.79 Å². The molecule has 0 aromatic heterocycles. The fraction of sp³-hybridized carbons (Fsp3) is 0.0588. The number of carbonyl (C=O) groups excluding carboxylic acids is 1. The Kier molecular flexibility index (Phi) is 4.23. The lowest BCUT2D eigenvalue weighted by Crippen LogP contribution is -2.25. The number of halogens is 5. The zero-order valence-electron chi connectivity index (χ0n) is 13.0. The van der Waals surface area contributed by atoms with E-state index in [4.69, 9.17) is 0 Å². The molecule has 9 heteroatoms. The van der Waals surface area contributed by atoms with Gasteiger partial charge in [0.1, 0.15) is 11.4 Å². The maximum Gasteiger partial charge on any atom is 0.280 e. The first-order valence-corrected chi connectivity index (χ1v) is 7.14. The Morgan fingerprint density at radius 3 is 1.96 bits per heavy atom. The summed E-state index contributed by atoms with van der Waals surface area (Å²) in [4.78, 5) is 12.4. The lowest BCUT2D eigenvalue weighted by atomic mass is 10.1. The maximum absolute atomic E-state index is 13.9. The zero-order valence-corrected chi connectivity index (χ0v) is 13.0. The predicted octanol–water partition coefficient (Wildman–Crippen LogP) is 3.89. The van der Waals surface area contributed by atoms with Gasteiger partial charge in [-0.2, -0.15) is 10.1 Å². The van der Waals surface area contributed by atoms with Gasteiger partial charge >= 0.3 is 0 Å². The topological polar surface area (TPSA) is 52.9 Å². The van der Waals surface area contributed by atoms with E-state index in [2.05, 4.69) is 5.10 Å². The van der Waals surface area contributed by atoms with Crippen molar-refractivity contribution in [1.82, 2.24) is 0 Å². The average molecular weight is 368 g/mol. The number of hydrogen-bond donors (Lipinski definition) is 1. The summed E-state index contributed by atoms with van der Waals surface area (Å²) in [5, 5.41) is 13.0. The van der Waals surface area contributed by atoms with E-state index >= 15 is 0 Å². The van der Waals surface area contributed by atoms with Crippen LogP contribution in [0.15, 0.2) is 34.9 Å². The molecule has 0 bridgehead atoms. The van der Waals surface area contributed by atoms with Crippen LogP contribution in [0.2, 0.25) is 0 Å². The first kappa shape index (κ1) is 17.6. The summed E-state index contributed by atoms with van der Waals surface area (Å²) in [5.74, 6) is -12.0. The highest BCUT2D eigenvalue weighted by Crippen LogP contribution is 2.34. The van der Waals surface area contributed by atoms with E-state index in [1.54, 1.807) is 0 Å². The molecule has 1 aliphatic rings. The van der Waals surface area contributed by atoms with Gasteiger partial charge in [0.15, 0.2) is 23.3 Å². The second kappa shape index (κ2) is 6.25. The van der Waals surface area contributed by atoms with Gasteiger partial charge in [-0.1, -0.05) is 12.1 Å². The van der Waals surface area contributed by atoms with E-state index in [-0.39, 0.29) is 22.0 Å². The monoisotopic (exact) mass is 368 g/mol. The smallest absolute Gasteiger partial charge is 0.280 e. The second-order valence-corrected chi connectivity index (χ2v) is 5.37. The van der Waals surface area contributed by atoms with E-state index in [0.717, 1.165) is 0 Å². The highest BCUT2D eigenvalue weighted by atomic mass is 19.2. The Labute approximate surface area is 143 Å². The molecule has 2 aromatic carbocycles. The van der Waals surface area contributed by atoms with Crippen molar-refractivity contribution in [3.05, 3.63) is 64.5 Å². The summed E-state index contributed by atoms with van der Waals surface area (Å²) in [6.07, 6.45) is 1.31. The second-order valence-electron chi connectivity index (χ2n) is 5.37. The molecule has 26 heavy (non-hydrogen) atoms. The largest absolute Gasteiger partial charge is 0.508 e.